The molecule has 0 aliphatic carbocycles. The number of fused-ring (bicyclic) bond motifs is 3. The standard InChI is InChI=1S/C24H24N2O4/c25-11-15-4-6-17(10-23(27)28)22(9-15)29-13-16-5-7-19-14-30-24-18(12-26)2-1-3-20(24)21(19)8-16/h1-9H,10-14,25-26H2,(H,27,28). The first-order valence-electron chi connectivity index (χ1n) is 9.82. The van der Waals surface area contributed by atoms with Crippen molar-refractivity contribution in [2.24, 2.45) is 11.5 Å². The molecule has 0 amide bonds. The maximum Gasteiger partial charge on any atom is 0.307 e. The van der Waals surface area contributed by atoms with Crippen LogP contribution >= 0.6 is 0 Å². The Morgan fingerprint density at radius 2 is 1.80 bits per heavy atom. The Balaban J connectivity index is 1.61. The average Bonchev–Trinajstić information content (AvgIpc) is 2.77. The van der Waals surface area contributed by atoms with E-state index in [1.807, 2.05) is 42.5 Å². The van der Waals surface area contributed by atoms with Gasteiger partial charge in [-0.05, 0) is 34.4 Å². The van der Waals surface area contributed by atoms with Gasteiger partial charge in [0.25, 0.3) is 0 Å². The van der Waals surface area contributed by atoms with Crippen LogP contribution in [0.1, 0.15) is 27.8 Å². The van der Waals surface area contributed by atoms with E-state index in [0.29, 0.717) is 37.6 Å². The molecular formula is C24H24N2O4. The topological polar surface area (TPSA) is 108 Å². The molecule has 1 heterocycles. The molecule has 5 N–H and O–H groups in total. The lowest BCUT2D eigenvalue weighted by molar-refractivity contribution is -0.136. The van der Waals surface area contributed by atoms with Crippen LogP contribution in [0.2, 0.25) is 0 Å². The summed E-state index contributed by atoms with van der Waals surface area (Å²) < 4.78 is 12.0. The van der Waals surface area contributed by atoms with Gasteiger partial charge in [0.15, 0.2) is 0 Å². The third-order valence-corrected chi connectivity index (χ3v) is 5.26. The second kappa shape index (κ2) is 8.57. The number of para-hydroxylation sites is 1. The fourth-order valence-corrected chi connectivity index (χ4v) is 3.70. The molecule has 3 aromatic carbocycles. The zero-order valence-electron chi connectivity index (χ0n) is 16.6. The molecule has 3 aromatic rings. The second-order valence-electron chi connectivity index (χ2n) is 7.28. The smallest absolute Gasteiger partial charge is 0.307 e. The molecule has 0 saturated heterocycles. The molecule has 0 spiro atoms. The van der Waals surface area contributed by atoms with Gasteiger partial charge in [-0.15, -0.1) is 0 Å². The Morgan fingerprint density at radius 3 is 2.57 bits per heavy atom. The molecule has 154 valence electrons. The van der Waals surface area contributed by atoms with Crippen LogP contribution in [0.4, 0.5) is 0 Å². The van der Waals surface area contributed by atoms with Gasteiger partial charge >= 0.3 is 5.97 Å². The maximum absolute atomic E-state index is 11.2. The quantitative estimate of drug-likeness (QED) is 0.557. The molecular weight excluding hydrogens is 380 g/mol. The fraction of sp³-hybridized carbons (Fsp3) is 0.208. The van der Waals surface area contributed by atoms with Gasteiger partial charge in [-0.1, -0.05) is 42.5 Å². The highest BCUT2D eigenvalue weighted by Crippen LogP contribution is 2.40. The van der Waals surface area contributed by atoms with E-state index in [2.05, 4.69) is 6.07 Å². The highest BCUT2D eigenvalue weighted by atomic mass is 16.5. The van der Waals surface area contributed by atoms with Crippen molar-refractivity contribution in [3.8, 4) is 22.6 Å². The summed E-state index contributed by atoms with van der Waals surface area (Å²) in [6.07, 6.45) is -0.100. The maximum atomic E-state index is 11.2. The number of carboxylic acid groups (broad SMARTS) is 1. The number of benzene rings is 3. The van der Waals surface area contributed by atoms with Crippen LogP contribution in [0.3, 0.4) is 0 Å². The van der Waals surface area contributed by atoms with Gasteiger partial charge in [0.1, 0.15) is 24.7 Å². The van der Waals surface area contributed by atoms with E-state index in [1.54, 1.807) is 6.07 Å². The first kappa shape index (κ1) is 19.9. The summed E-state index contributed by atoms with van der Waals surface area (Å²) in [5, 5.41) is 9.17. The summed E-state index contributed by atoms with van der Waals surface area (Å²) in [6, 6.07) is 17.5. The summed E-state index contributed by atoms with van der Waals surface area (Å²) in [4.78, 5) is 11.2. The first-order chi connectivity index (χ1) is 14.6. The van der Waals surface area contributed by atoms with Gasteiger partial charge in [0.2, 0.25) is 0 Å². The monoisotopic (exact) mass is 404 g/mol. The van der Waals surface area contributed by atoms with Crippen LogP contribution in [0.5, 0.6) is 11.5 Å². The molecule has 1 aliphatic heterocycles. The number of carboxylic acids is 1. The van der Waals surface area contributed by atoms with E-state index in [4.69, 9.17) is 20.9 Å². The van der Waals surface area contributed by atoms with Crippen LogP contribution in [-0.4, -0.2) is 11.1 Å². The molecule has 6 heteroatoms. The van der Waals surface area contributed by atoms with Crippen molar-refractivity contribution in [3.05, 3.63) is 82.4 Å². The van der Waals surface area contributed by atoms with Gasteiger partial charge in [-0.2, -0.15) is 0 Å². The number of ether oxygens (including phenoxy) is 2. The Kier molecular flexibility index (Phi) is 5.70. The lowest BCUT2D eigenvalue weighted by Gasteiger charge is -2.23. The highest BCUT2D eigenvalue weighted by Gasteiger charge is 2.20. The molecule has 0 fully saturated rings. The average molecular weight is 404 g/mol. The Bertz CT molecular complexity index is 1090. The minimum absolute atomic E-state index is 0.100. The van der Waals surface area contributed by atoms with Crippen LogP contribution in [-0.2, 0) is 37.5 Å². The molecule has 1 aliphatic rings. The number of nitrogens with two attached hydrogens (primary N) is 2. The lowest BCUT2D eigenvalue weighted by Crippen LogP contribution is -2.10. The number of aliphatic carboxylic acids is 1. The Morgan fingerprint density at radius 1 is 0.967 bits per heavy atom. The predicted molar refractivity (Wildman–Crippen MR) is 114 cm³/mol. The van der Waals surface area contributed by atoms with E-state index in [1.165, 1.54) is 0 Å². The van der Waals surface area contributed by atoms with Crippen molar-refractivity contribution in [2.75, 3.05) is 0 Å². The zero-order chi connectivity index (χ0) is 21.1. The number of hydrogen-bond donors (Lipinski definition) is 3. The predicted octanol–water partition coefficient (Wildman–Crippen LogP) is 3.37. The van der Waals surface area contributed by atoms with Crippen molar-refractivity contribution in [3.63, 3.8) is 0 Å². The van der Waals surface area contributed by atoms with Gasteiger partial charge in [0.05, 0.1) is 6.42 Å². The molecule has 0 unspecified atom stereocenters. The van der Waals surface area contributed by atoms with E-state index < -0.39 is 5.97 Å². The van der Waals surface area contributed by atoms with Crippen LogP contribution < -0.4 is 20.9 Å². The van der Waals surface area contributed by atoms with E-state index in [0.717, 1.165) is 39.1 Å². The summed E-state index contributed by atoms with van der Waals surface area (Å²) in [7, 11) is 0. The first-order valence-corrected chi connectivity index (χ1v) is 9.82. The van der Waals surface area contributed by atoms with Crippen molar-refractivity contribution < 1.29 is 19.4 Å². The Hall–Kier alpha value is -3.35. The van der Waals surface area contributed by atoms with Gasteiger partial charge < -0.3 is 26.0 Å². The van der Waals surface area contributed by atoms with E-state index >= 15 is 0 Å². The normalized spacial score (nSPS) is 11.9. The molecule has 0 radical (unpaired) electrons. The van der Waals surface area contributed by atoms with Crippen molar-refractivity contribution in [2.45, 2.75) is 32.7 Å². The minimum atomic E-state index is -0.901. The second-order valence-corrected chi connectivity index (χ2v) is 7.28. The van der Waals surface area contributed by atoms with Crippen LogP contribution in [0.25, 0.3) is 11.1 Å². The van der Waals surface area contributed by atoms with Crippen molar-refractivity contribution >= 4 is 5.97 Å². The van der Waals surface area contributed by atoms with Crippen molar-refractivity contribution in [1.29, 1.82) is 0 Å². The minimum Gasteiger partial charge on any atom is -0.489 e. The largest absolute Gasteiger partial charge is 0.489 e. The van der Waals surface area contributed by atoms with E-state index in [-0.39, 0.29) is 6.42 Å². The Labute approximate surface area is 175 Å². The van der Waals surface area contributed by atoms with Crippen molar-refractivity contribution in [1.82, 2.24) is 0 Å². The molecule has 0 saturated carbocycles. The molecule has 30 heavy (non-hydrogen) atoms. The summed E-state index contributed by atoms with van der Waals surface area (Å²) >= 11 is 0. The summed E-state index contributed by atoms with van der Waals surface area (Å²) in [5.41, 5.74) is 18.3. The summed E-state index contributed by atoms with van der Waals surface area (Å²) in [6.45, 7) is 1.61. The third-order valence-electron chi connectivity index (χ3n) is 5.26. The lowest BCUT2D eigenvalue weighted by atomic mass is 9.93. The SMILES string of the molecule is NCc1ccc(CC(=O)O)c(OCc2ccc3c(c2)-c2cccc(CN)c2OC3)c1. The third kappa shape index (κ3) is 4.01. The molecule has 0 bridgehead atoms. The van der Waals surface area contributed by atoms with E-state index in [9.17, 15) is 9.90 Å². The molecule has 0 atom stereocenters. The number of hydrogen-bond acceptors (Lipinski definition) is 5. The van der Waals surface area contributed by atoms with Gasteiger partial charge in [0, 0.05) is 29.8 Å². The zero-order valence-corrected chi connectivity index (χ0v) is 16.6. The van der Waals surface area contributed by atoms with Crippen LogP contribution in [0, 0.1) is 0 Å². The summed E-state index contributed by atoms with van der Waals surface area (Å²) in [5.74, 6) is 0.485. The van der Waals surface area contributed by atoms with Crippen LogP contribution in [0.15, 0.2) is 54.6 Å². The van der Waals surface area contributed by atoms with Gasteiger partial charge in [-0.25, -0.2) is 0 Å². The molecule has 6 nitrogen and oxygen atoms in total. The number of carbonyl (C=O) groups is 1. The highest BCUT2D eigenvalue weighted by molar-refractivity contribution is 5.77. The molecule has 4 rings (SSSR count). The fourth-order valence-electron chi connectivity index (χ4n) is 3.70. The van der Waals surface area contributed by atoms with Gasteiger partial charge in [-0.3, -0.25) is 4.79 Å². The molecule has 0 aromatic heterocycles. The number of rotatable bonds is 7.